The molecule has 0 unspecified atom stereocenters. The van der Waals surface area contributed by atoms with E-state index in [1.165, 1.54) is 18.7 Å². The molecule has 4 aromatic rings. The largest absolute Gasteiger partial charge is 0.463 e. The van der Waals surface area contributed by atoms with Crippen LogP contribution in [0.1, 0.15) is 31.5 Å². The molecular formula is C19H13N5O3S. The van der Waals surface area contributed by atoms with Gasteiger partial charge in [-0.25, -0.2) is 9.97 Å². The molecule has 28 heavy (non-hydrogen) atoms. The number of hydrogen-bond donors (Lipinski definition) is 1. The molecule has 8 nitrogen and oxygen atoms in total. The minimum Gasteiger partial charge on any atom is -0.463 e. The zero-order chi connectivity index (χ0) is 19.5. The summed E-state index contributed by atoms with van der Waals surface area (Å²) in [7, 11) is 0. The number of nitrogens with zero attached hydrogens (tertiary/aromatic N) is 4. The third-order valence-corrected chi connectivity index (χ3v) is 4.69. The van der Waals surface area contributed by atoms with Crippen LogP contribution in [0.15, 0.2) is 59.6 Å². The molecule has 0 saturated heterocycles. The van der Waals surface area contributed by atoms with E-state index in [-0.39, 0.29) is 22.3 Å². The van der Waals surface area contributed by atoms with Gasteiger partial charge in [-0.15, -0.1) is 0 Å². The fourth-order valence-electron chi connectivity index (χ4n) is 2.39. The predicted molar refractivity (Wildman–Crippen MR) is 102 cm³/mol. The Bertz CT molecular complexity index is 1120. The number of ketones is 1. The van der Waals surface area contributed by atoms with Crippen LogP contribution in [0.4, 0.5) is 5.13 Å². The number of thiazole rings is 1. The molecule has 1 amide bonds. The van der Waals surface area contributed by atoms with Gasteiger partial charge in [0.2, 0.25) is 5.78 Å². The first-order valence-corrected chi connectivity index (χ1v) is 9.04. The van der Waals surface area contributed by atoms with Gasteiger partial charge in [-0.3, -0.25) is 24.9 Å². The van der Waals surface area contributed by atoms with Crippen molar-refractivity contribution >= 4 is 28.2 Å². The first-order chi connectivity index (χ1) is 13.6. The highest BCUT2D eigenvalue weighted by Gasteiger charge is 2.24. The molecule has 0 bridgehead atoms. The number of pyridine rings is 1. The maximum atomic E-state index is 12.9. The van der Waals surface area contributed by atoms with E-state index in [0.29, 0.717) is 22.0 Å². The average Bonchev–Trinajstić information content (AvgIpc) is 3.38. The van der Waals surface area contributed by atoms with E-state index in [1.807, 2.05) is 0 Å². The molecule has 4 aromatic heterocycles. The lowest BCUT2D eigenvalue weighted by atomic mass is 10.1. The lowest BCUT2D eigenvalue weighted by molar-refractivity contribution is 0.101. The van der Waals surface area contributed by atoms with Crippen LogP contribution >= 0.6 is 11.3 Å². The molecule has 0 aliphatic carbocycles. The third-order valence-electron chi connectivity index (χ3n) is 3.72. The van der Waals surface area contributed by atoms with Crippen LogP contribution in [0.2, 0.25) is 0 Å². The summed E-state index contributed by atoms with van der Waals surface area (Å²) in [5, 5.41) is 2.91. The molecule has 0 aromatic carbocycles. The van der Waals surface area contributed by atoms with Gasteiger partial charge in [0, 0.05) is 12.4 Å². The zero-order valence-electron chi connectivity index (χ0n) is 14.6. The van der Waals surface area contributed by atoms with Gasteiger partial charge in [0.25, 0.3) is 5.91 Å². The number of aryl methyl sites for hydroxylation is 1. The van der Waals surface area contributed by atoms with Crippen LogP contribution in [-0.4, -0.2) is 31.6 Å². The zero-order valence-corrected chi connectivity index (χ0v) is 15.4. The van der Waals surface area contributed by atoms with Crippen LogP contribution in [0.3, 0.4) is 0 Å². The molecule has 0 saturated carbocycles. The number of nitrogens with one attached hydrogen (secondary N) is 1. The van der Waals surface area contributed by atoms with Crippen molar-refractivity contribution in [1.29, 1.82) is 0 Å². The van der Waals surface area contributed by atoms with Gasteiger partial charge in [-0.05, 0) is 31.2 Å². The van der Waals surface area contributed by atoms with Gasteiger partial charge < -0.3 is 4.42 Å². The van der Waals surface area contributed by atoms with Gasteiger partial charge in [-0.1, -0.05) is 17.4 Å². The lowest BCUT2D eigenvalue weighted by Crippen LogP contribution is -2.13. The van der Waals surface area contributed by atoms with Gasteiger partial charge >= 0.3 is 0 Å². The second-order valence-electron chi connectivity index (χ2n) is 5.72. The normalized spacial score (nSPS) is 10.6. The molecule has 9 heteroatoms. The summed E-state index contributed by atoms with van der Waals surface area (Å²) in [5.41, 5.74) is 1.48. The van der Waals surface area contributed by atoms with Crippen LogP contribution in [0.5, 0.6) is 0 Å². The minimum atomic E-state index is -0.468. The molecule has 4 rings (SSSR count). The summed E-state index contributed by atoms with van der Waals surface area (Å²) in [6, 6.07) is 8.47. The Morgan fingerprint density at radius 1 is 1.04 bits per heavy atom. The van der Waals surface area contributed by atoms with Gasteiger partial charge in [0.05, 0.1) is 18.2 Å². The topological polar surface area (TPSA) is 111 Å². The standard InChI is InChI=1S/C19H13N5O3S/c1-11-9-22-13(10-21-11)18(26)24-19-23-15(14-6-4-8-27-14)17(28-19)16(25)12-5-2-3-7-20-12/h2-10H,1H3,(H,23,24,26). The fraction of sp³-hybridized carbons (Fsp3) is 0.0526. The van der Waals surface area contributed by atoms with E-state index in [2.05, 4.69) is 25.3 Å². The number of carbonyl (C=O) groups excluding carboxylic acids is 2. The van der Waals surface area contributed by atoms with Gasteiger partial charge in [0.1, 0.15) is 22.0 Å². The van der Waals surface area contributed by atoms with Crippen LogP contribution in [0, 0.1) is 6.92 Å². The van der Waals surface area contributed by atoms with Crippen LogP contribution in [-0.2, 0) is 0 Å². The van der Waals surface area contributed by atoms with Crippen molar-refractivity contribution in [3.63, 3.8) is 0 Å². The van der Waals surface area contributed by atoms with E-state index in [0.717, 1.165) is 11.3 Å². The summed E-state index contributed by atoms with van der Waals surface area (Å²) >= 11 is 1.05. The fourth-order valence-corrected chi connectivity index (χ4v) is 3.31. The Balaban J connectivity index is 1.68. The number of carbonyl (C=O) groups is 2. The number of amides is 1. The smallest absolute Gasteiger partial charge is 0.277 e. The Hall–Kier alpha value is -3.72. The molecule has 0 spiro atoms. The molecule has 0 fully saturated rings. The quantitative estimate of drug-likeness (QED) is 0.519. The predicted octanol–water partition coefficient (Wildman–Crippen LogP) is 3.38. The summed E-state index contributed by atoms with van der Waals surface area (Å²) in [5.74, 6) is -0.352. The Morgan fingerprint density at radius 2 is 1.93 bits per heavy atom. The van der Waals surface area contributed by atoms with Crippen LogP contribution < -0.4 is 5.32 Å². The highest BCUT2D eigenvalue weighted by atomic mass is 32.1. The van der Waals surface area contributed by atoms with Crippen molar-refractivity contribution in [2.24, 2.45) is 0 Å². The molecule has 0 radical (unpaired) electrons. The second kappa shape index (κ2) is 7.49. The molecule has 0 atom stereocenters. The molecule has 138 valence electrons. The van der Waals surface area contributed by atoms with E-state index in [1.54, 1.807) is 43.5 Å². The van der Waals surface area contributed by atoms with E-state index in [9.17, 15) is 9.59 Å². The lowest BCUT2D eigenvalue weighted by Gasteiger charge is -2.00. The maximum absolute atomic E-state index is 12.9. The second-order valence-corrected chi connectivity index (χ2v) is 6.71. The Kier molecular flexibility index (Phi) is 4.73. The molecular weight excluding hydrogens is 378 g/mol. The molecule has 0 aliphatic heterocycles. The number of aromatic nitrogens is 4. The monoisotopic (exact) mass is 391 g/mol. The Morgan fingerprint density at radius 3 is 2.61 bits per heavy atom. The maximum Gasteiger partial charge on any atom is 0.277 e. The van der Waals surface area contributed by atoms with Crippen LogP contribution in [0.25, 0.3) is 11.5 Å². The van der Waals surface area contributed by atoms with Gasteiger partial charge in [0.15, 0.2) is 10.9 Å². The molecule has 1 N–H and O–H groups in total. The number of anilines is 1. The third kappa shape index (κ3) is 3.55. The van der Waals surface area contributed by atoms with Crippen molar-refractivity contribution < 1.29 is 14.0 Å². The van der Waals surface area contributed by atoms with Crippen molar-refractivity contribution in [2.45, 2.75) is 6.92 Å². The van der Waals surface area contributed by atoms with Crippen molar-refractivity contribution in [3.05, 3.63) is 77.1 Å². The van der Waals surface area contributed by atoms with Crippen molar-refractivity contribution in [3.8, 4) is 11.5 Å². The first-order valence-electron chi connectivity index (χ1n) is 8.22. The summed E-state index contributed by atoms with van der Waals surface area (Å²) in [6.07, 6.45) is 5.91. The minimum absolute atomic E-state index is 0.151. The molecule has 0 aliphatic rings. The summed E-state index contributed by atoms with van der Waals surface area (Å²) < 4.78 is 5.40. The first kappa shape index (κ1) is 17.7. The summed E-state index contributed by atoms with van der Waals surface area (Å²) in [6.45, 7) is 1.78. The summed E-state index contributed by atoms with van der Waals surface area (Å²) in [4.78, 5) is 42.2. The van der Waals surface area contributed by atoms with Gasteiger partial charge in [-0.2, -0.15) is 0 Å². The number of furan rings is 1. The Labute approximate surface area is 163 Å². The average molecular weight is 391 g/mol. The van der Waals surface area contributed by atoms with Crippen molar-refractivity contribution in [1.82, 2.24) is 19.9 Å². The molecule has 4 heterocycles. The SMILES string of the molecule is Cc1cnc(C(=O)Nc2nc(-c3ccco3)c(C(=O)c3ccccn3)s2)cn1. The van der Waals surface area contributed by atoms with E-state index >= 15 is 0 Å². The van der Waals surface area contributed by atoms with Crippen molar-refractivity contribution in [2.75, 3.05) is 5.32 Å². The van der Waals surface area contributed by atoms with E-state index < -0.39 is 5.91 Å². The number of rotatable bonds is 5. The number of hydrogen-bond acceptors (Lipinski definition) is 8. The highest BCUT2D eigenvalue weighted by molar-refractivity contribution is 7.18. The van der Waals surface area contributed by atoms with E-state index in [4.69, 9.17) is 4.42 Å². The highest BCUT2D eigenvalue weighted by Crippen LogP contribution is 2.33.